The second-order valence-electron chi connectivity index (χ2n) is 11.0. The number of pyridine rings is 1. The molecule has 1 fully saturated rings. The van der Waals surface area contributed by atoms with E-state index in [0.29, 0.717) is 35.6 Å². The Morgan fingerprint density at radius 1 is 1.02 bits per heavy atom. The zero-order valence-corrected chi connectivity index (χ0v) is 24.7. The Morgan fingerprint density at radius 2 is 1.69 bits per heavy atom. The van der Waals surface area contributed by atoms with E-state index in [9.17, 15) is 26.3 Å². The molecule has 1 aromatic heterocycles. The summed E-state index contributed by atoms with van der Waals surface area (Å²) in [7, 11) is 1.56. The lowest BCUT2D eigenvalue weighted by Crippen LogP contribution is -2.46. The SMILES string of the molecule is CCCC1C(CC)CC1C(C)C(NC(=S)Nc1cc(C(F)(F)F)cc(C(F)(F)F)c1)c1ccnc2ccc(OC)cc12. The van der Waals surface area contributed by atoms with Crippen LogP contribution in [0.5, 0.6) is 5.75 Å². The van der Waals surface area contributed by atoms with Crippen LogP contribution < -0.4 is 15.4 Å². The fourth-order valence-corrected chi connectivity index (χ4v) is 6.57. The summed E-state index contributed by atoms with van der Waals surface area (Å²) in [5.41, 5.74) is -1.64. The van der Waals surface area contributed by atoms with Gasteiger partial charge < -0.3 is 15.4 Å². The van der Waals surface area contributed by atoms with Crippen LogP contribution in [0.4, 0.5) is 32.0 Å². The van der Waals surface area contributed by atoms with Crippen LogP contribution in [-0.4, -0.2) is 17.2 Å². The summed E-state index contributed by atoms with van der Waals surface area (Å²) < 4.78 is 86.2. The molecule has 11 heteroatoms. The number of methoxy groups -OCH3 is 1. The van der Waals surface area contributed by atoms with Crippen molar-refractivity contribution >= 4 is 33.9 Å². The molecular formula is C31H35F6N3OS. The molecule has 42 heavy (non-hydrogen) atoms. The Morgan fingerprint density at radius 3 is 2.26 bits per heavy atom. The average Bonchev–Trinajstić information content (AvgIpc) is 2.92. The molecule has 2 aromatic carbocycles. The number of benzene rings is 2. The van der Waals surface area contributed by atoms with Crippen LogP contribution in [0.25, 0.3) is 10.9 Å². The molecule has 0 amide bonds. The van der Waals surface area contributed by atoms with Gasteiger partial charge in [-0.25, -0.2) is 0 Å². The molecule has 4 nitrogen and oxygen atoms in total. The minimum atomic E-state index is -4.97. The second-order valence-corrected chi connectivity index (χ2v) is 11.4. The van der Waals surface area contributed by atoms with Gasteiger partial charge in [0.1, 0.15) is 5.75 Å². The average molecular weight is 612 g/mol. The highest BCUT2D eigenvalue weighted by molar-refractivity contribution is 7.80. The first-order valence-corrected chi connectivity index (χ1v) is 14.5. The Bertz CT molecular complexity index is 1380. The molecule has 0 bridgehead atoms. The number of rotatable bonds is 9. The van der Waals surface area contributed by atoms with Gasteiger partial charge >= 0.3 is 12.4 Å². The number of alkyl halides is 6. The predicted molar refractivity (Wildman–Crippen MR) is 156 cm³/mol. The number of hydrogen-bond acceptors (Lipinski definition) is 3. The quantitative estimate of drug-likeness (QED) is 0.187. The van der Waals surface area contributed by atoms with Crippen molar-refractivity contribution in [3.8, 4) is 5.75 Å². The van der Waals surface area contributed by atoms with Crippen molar-refractivity contribution in [2.45, 2.75) is 64.8 Å². The van der Waals surface area contributed by atoms with Crippen molar-refractivity contribution in [3.05, 3.63) is 65.4 Å². The highest BCUT2D eigenvalue weighted by Crippen LogP contribution is 2.52. The molecule has 4 rings (SSSR count). The lowest BCUT2D eigenvalue weighted by molar-refractivity contribution is -0.143. The molecule has 3 aromatic rings. The number of nitrogens with one attached hydrogen (secondary N) is 2. The number of hydrogen-bond donors (Lipinski definition) is 2. The number of nitrogens with zero attached hydrogens (tertiary/aromatic N) is 1. The van der Waals surface area contributed by atoms with E-state index in [1.807, 2.05) is 18.2 Å². The number of thiocarbonyl (C=S) groups is 1. The highest BCUT2D eigenvalue weighted by atomic mass is 32.1. The maximum absolute atomic E-state index is 13.5. The molecule has 2 N–H and O–H groups in total. The summed E-state index contributed by atoms with van der Waals surface area (Å²) in [4.78, 5) is 4.48. The van der Waals surface area contributed by atoms with Crippen LogP contribution in [0.1, 0.15) is 69.2 Å². The van der Waals surface area contributed by atoms with Gasteiger partial charge in [0.05, 0.1) is 29.8 Å². The molecule has 5 unspecified atom stereocenters. The van der Waals surface area contributed by atoms with E-state index >= 15 is 0 Å². The van der Waals surface area contributed by atoms with Crippen LogP contribution in [0.15, 0.2) is 48.7 Å². The zero-order chi connectivity index (χ0) is 30.8. The Labute approximate surface area is 247 Å². The molecule has 228 valence electrons. The smallest absolute Gasteiger partial charge is 0.416 e. The van der Waals surface area contributed by atoms with E-state index < -0.39 is 35.2 Å². The maximum Gasteiger partial charge on any atom is 0.416 e. The van der Waals surface area contributed by atoms with Crippen LogP contribution in [0.3, 0.4) is 0 Å². The van der Waals surface area contributed by atoms with Crippen LogP contribution in [0, 0.1) is 23.7 Å². The molecule has 0 saturated heterocycles. The molecule has 1 aliphatic carbocycles. The fraction of sp³-hybridized carbons (Fsp3) is 0.484. The maximum atomic E-state index is 13.5. The monoisotopic (exact) mass is 611 g/mol. The third-order valence-corrected chi connectivity index (χ3v) is 8.75. The first-order chi connectivity index (χ1) is 19.8. The fourth-order valence-electron chi connectivity index (χ4n) is 6.33. The summed E-state index contributed by atoms with van der Waals surface area (Å²) in [5.74, 6) is 2.15. The Hall–Kier alpha value is -3.08. The lowest BCUT2D eigenvalue weighted by atomic mass is 9.56. The largest absolute Gasteiger partial charge is 0.497 e. The van der Waals surface area contributed by atoms with E-state index in [0.717, 1.165) is 42.1 Å². The van der Waals surface area contributed by atoms with Gasteiger partial charge in [0, 0.05) is 17.3 Å². The predicted octanol–water partition coefficient (Wildman–Crippen LogP) is 9.41. The molecule has 0 radical (unpaired) electrons. The number of anilines is 1. The van der Waals surface area contributed by atoms with Gasteiger partial charge in [-0.1, -0.05) is 40.0 Å². The summed E-state index contributed by atoms with van der Waals surface area (Å²) in [6.45, 7) is 6.47. The number of aromatic nitrogens is 1. The van der Waals surface area contributed by atoms with Gasteiger partial charge in [0.15, 0.2) is 5.11 Å². The van der Waals surface area contributed by atoms with Gasteiger partial charge in [-0.15, -0.1) is 0 Å². The standard InChI is InChI=1S/C31H35F6N3OS/c1-5-7-23-18(6-2)12-25(23)17(3)28(24-10-11-38-27-9-8-22(41-4)16-26(24)27)40-29(42)39-21-14-19(30(32,33)34)13-20(15-21)31(35,36)37/h8-11,13-18,23,25,28H,5-7,12H2,1-4H3,(H2,39,40,42). The minimum Gasteiger partial charge on any atom is -0.497 e. The molecule has 5 atom stereocenters. The molecule has 1 saturated carbocycles. The number of fused-ring (bicyclic) bond motifs is 1. The lowest BCUT2D eigenvalue weighted by Gasteiger charge is -2.50. The van der Waals surface area contributed by atoms with E-state index in [2.05, 4.69) is 36.4 Å². The molecule has 1 aliphatic rings. The van der Waals surface area contributed by atoms with E-state index in [-0.39, 0.29) is 17.1 Å². The van der Waals surface area contributed by atoms with Crippen LogP contribution in [0.2, 0.25) is 0 Å². The first kappa shape index (κ1) is 31.8. The van der Waals surface area contributed by atoms with Crippen molar-refractivity contribution in [2.24, 2.45) is 23.7 Å². The third kappa shape index (κ3) is 6.93. The minimum absolute atomic E-state index is 0.0353. The van der Waals surface area contributed by atoms with E-state index in [4.69, 9.17) is 17.0 Å². The van der Waals surface area contributed by atoms with Gasteiger partial charge in [-0.3, -0.25) is 4.98 Å². The van der Waals surface area contributed by atoms with Gasteiger partial charge in [-0.05, 0) is 90.3 Å². The van der Waals surface area contributed by atoms with Crippen molar-refractivity contribution < 1.29 is 31.1 Å². The van der Waals surface area contributed by atoms with Gasteiger partial charge in [-0.2, -0.15) is 26.3 Å². The van der Waals surface area contributed by atoms with Gasteiger partial charge in [0.2, 0.25) is 0 Å². The summed E-state index contributed by atoms with van der Waals surface area (Å²) in [5, 5.41) is 6.61. The van der Waals surface area contributed by atoms with Crippen molar-refractivity contribution in [1.29, 1.82) is 0 Å². The van der Waals surface area contributed by atoms with E-state index in [1.165, 1.54) is 0 Å². The second kappa shape index (κ2) is 12.7. The Balaban J connectivity index is 1.72. The van der Waals surface area contributed by atoms with Gasteiger partial charge in [0.25, 0.3) is 0 Å². The van der Waals surface area contributed by atoms with Crippen molar-refractivity contribution in [1.82, 2.24) is 10.3 Å². The van der Waals surface area contributed by atoms with Crippen molar-refractivity contribution in [3.63, 3.8) is 0 Å². The molecule has 0 spiro atoms. The Kier molecular flexibility index (Phi) is 9.59. The number of ether oxygens (including phenoxy) is 1. The molecular weight excluding hydrogens is 576 g/mol. The summed E-state index contributed by atoms with van der Waals surface area (Å²) in [6.07, 6.45) is -3.99. The number of halogens is 6. The zero-order valence-electron chi connectivity index (χ0n) is 23.9. The molecule has 0 aliphatic heterocycles. The van der Waals surface area contributed by atoms with Crippen LogP contribution in [-0.2, 0) is 12.4 Å². The molecule has 1 heterocycles. The topological polar surface area (TPSA) is 46.2 Å². The van der Waals surface area contributed by atoms with Crippen molar-refractivity contribution in [2.75, 3.05) is 12.4 Å². The summed E-state index contributed by atoms with van der Waals surface area (Å²) >= 11 is 5.52. The van der Waals surface area contributed by atoms with Crippen LogP contribution >= 0.6 is 12.2 Å². The normalized spacial score (nSPS) is 20.5. The van der Waals surface area contributed by atoms with E-state index in [1.54, 1.807) is 19.4 Å². The third-order valence-electron chi connectivity index (χ3n) is 8.53. The highest BCUT2D eigenvalue weighted by Gasteiger charge is 2.44. The first-order valence-electron chi connectivity index (χ1n) is 14.1. The summed E-state index contributed by atoms with van der Waals surface area (Å²) in [6, 6.07) is 8.33.